The van der Waals surface area contributed by atoms with Crippen molar-refractivity contribution in [2.24, 2.45) is 0 Å². The first kappa shape index (κ1) is 23.4. The van der Waals surface area contributed by atoms with Crippen molar-refractivity contribution >= 4 is 28.3 Å². The zero-order valence-electron chi connectivity index (χ0n) is 19.4. The van der Waals surface area contributed by atoms with E-state index in [-0.39, 0.29) is 11.8 Å². The van der Waals surface area contributed by atoms with Gasteiger partial charge in [-0.15, -0.1) is 11.3 Å². The first-order chi connectivity index (χ1) is 15.6. The van der Waals surface area contributed by atoms with Gasteiger partial charge in [0.1, 0.15) is 5.69 Å². The van der Waals surface area contributed by atoms with Crippen molar-refractivity contribution in [3.8, 4) is 0 Å². The van der Waals surface area contributed by atoms with Gasteiger partial charge < -0.3 is 20.4 Å². The summed E-state index contributed by atoms with van der Waals surface area (Å²) < 4.78 is 0. The minimum atomic E-state index is 0.00253. The fourth-order valence-corrected chi connectivity index (χ4v) is 5.87. The maximum Gasteiger partial charge on any atom is 0.273 e. The molecule has 2 amide bonds. The van der Waals surface area contributed by atoms with Crippen molar-refractivity contribution in [2.75, 3.05) is 58.2 Å². The van der Waals surface area contributed by atoms with Gasteiger partial charge in [-0.05, 0) is 45.7 Å². The first-order valence-electron chi connectivity index (χ1n) is 12.3. The van der Waals surface area contributed by atoms with Gasteiger partial charge >= 0.3 is 0 Å². The number of hydrogen-bond acceptors (Lipinski definition) is 7. The molecule has 4 rings (SSSR count). The SMILES string of the molecule is CN1CCCC1CCNC(=O)CN1CCN(C(=O)c2csc(NC3CCCCC3)n2)CC1. The summed E-state index contributed by atoms with van der Waals surface area (Å²) in [6.45, 7) is 5.05. The summed E-state index contributed by atoms with van der Waals surface area (Å²) >= 11 is 1.53. The largest absolute Gasteiger partial charge is 0.359 e. The molecule has 1 unspecified atom stereocenters. The Hall–Kier alpha value is -1.71. The quantitative estimate of drug-likeness (QED) is 0.617. The smallest absolute Gasteiger partial charge is 0.273 e. The van der Waals surface area contributed by atoms with E-state index in [4.69, 9.17) is 0 Å². The summed E-state index contributed by atoms with van der Waals surface area (Å²) in [5.41, 5.74) is 0.538. The number of carbonyl (C=O) groups is 2. The van der Waals surface area contributed by atoms with Crippen LogP contribution in [-0.4, -0.2) is 96.4 Å². The second-order valence-corrected chi connectivity index (χ2v) is 10.4. The Morgan fingerprint density at radius 1 is 1.06 bits per heavy atom. The fraction of sp³-hybridized carbons (Fsp3) is 0.783. The van der Waals surface area contributed by atoms with E-state index in [2.05, 4.69) is 32.5 Å². The molecule has 0 aromatic carbocycles. The maximum absolute atomic E-state index is 12.9. The van der Waals surface area contributed by atoms with Gasteiger partial charge in [0.05, 0.1) is 6.54 Å². The lowest BCUT2D eigenvalue weighted by Crippen LogP contribution is -2.51. The minimum Gasteiger partial charge on any atom is -0.359 e. The summed E-state index contributed by atoms with van der Waals surface area (Å²) in [5, 5.41) is 9.31. The minimum absolute atomic E-state index is 0.00253. The maximum atomic E-state index is 12.9. The van der Waals surface area contributed by atoms with Crippen LogP contribution in [0.5, 0.6) is 0 Å². The molecule has 0 bridgehead atoms. The van der Waals surface area contributed by atoms with Gasteiger partial charge in [0.2, 0.25) is 5.91 Å². The van der Waals surface area contributed by atoms with Crippen molar-refractivity contribution < 1.29 is 9.59 Å². The first-order valence-corrected chi connectivity index (χ1v) is 13.2. The topological polar surface area (TPSA) is 80.8 Å². The summed E-state index contributed by atoms with van der Waals surface area (Å²) in [7, 11) is 2.17. The van der Waals surface area contributed by atoms with Crippen LogP contribution in [0, 0.1) is 0 Å². The van der Waals surface area contributed by atoms with Crippen LogP contribution in [0.25, 0.3) is 0 Å². The molecule has 0 spiro atoms. The lowest BCUT2D eigenvalue weighted by molar-refractivity contribution is -0.122. The zero-order valence-corrected chi connectivity index (χ0v) is 20.2. The summed E-state index contributed by atoms with van der Waals surface area (Å²) in [4.78, 5) is 36.1. The Bertz CT molecular complexity index is 757. The second kappa shape index (κ2) is 11.4. The number of thiazole rings is 1. The molecule has 3 fully saturated rings. The monoisotopic (exact) mass is 462 g/mol. The van der Waals surface area contributed by atoms with Crippen molar-refractivity contribution in [3.63, 3.8) is 0 Å². The van der Waals surface area contributed by atoms with Crippen LogP contribution >= 0.6 is 11.3 Å². The van der Waals surface area contributed by atoms with Crippen LogP contribution in [0.2, 0.25) is 0 Å². The number of anilines is 1. The molecule has 3 heterocycles. The van der Waals surface area contributed by atoms with Gasteiger partial charge in [-0.25, -0.2) is 4.98 Å². The molecule has 2 saturated heterocycles. The summed E-state index contributed by atoms with van der Waals surface area (Å²) in [5.74, 6) is 0.0890. The molecule has 32 heavy (non-hydrogen) atoms. The van der Waals surface area contributed by atoms with Crippen LogP contribution in [-0.2, 0) is 4.79 Å². The van der Waals surface area contributed by atoms with Crippen LogP contribution in [0.1, 0.15) is 61.9 Å². The Kier molecular flexibility index (Phi) is 8.37. The molecule has 8 nitrogen and oxygen atoms in total. The third-order valence-corrected chi connectivity index (χ3v) is 7.93. The molecule has 1 atom stereocenters. The molecule has 9 heteroatoms. The molecule has 2 N–H and O–H groups in total. The van der Waals surface area contributed by atoms with E-state index in [1.807, 2.05) is 10.3 Å². The molecular formula is C23H38N6O2S. The van der Waals surface area contributed by atoms with Crippen molar-refractivity contribution in [3.05, 3.63) is 11.1 Å². The Labute approximate surface area is 195 Å². The summed E-state index contributed by atoms with van der Waals surface area (Å²) in [6.07, 6.45) is 9.77. The van der Waals surface area contributed by atoms with Gasteiger partial charge in [0.15, 0.2) is 5.13 Å². The van der Waals surface area contributed by atoms with Gasteiger partial charge in [0.25, 0.3) is 5.91 Å². The molecule has 1 aromatic heterocycles. The van der Waals surface area contributed by atoms with Gasteiger partial charge in [-0.2, -0.15) is 0 Å². The van der Waals surface area contributed by atoms with Gasteiger partial charge in [-0.1, -0.05) is 19.3 Å². The zero-order chi connectivity index (χ0) is 22.3. The normalized spacial score (nSPS) is 23.4. The third kappa shape index (κ3) is 6.42. The summed E-state index contributed by atoms with van der Waals surface area (Å²) in [6, 6.07) is 1.10. The van der Waals surface area contributed by atoms with E-state index >= 15 is 0 Å². The van der Waals surface area contributed by atoms with E-state index in [1.165, 1.54) is 62.8 Å². The van der Waals surface area contributed by atoms with Crippen LogP contribution < -0.4 is 10.6 Å². The number of piperazine rings is 1. The molecule has 3 aliphatic rings. The number of hydrogen-bond donors (Lipinski definition) is 2. The Balaban J connectivity index is 1.15. The second-order valence-electron chi connectivity index (χ2n) is 9.50. The van der Waals surface area contributed by atoms with E-state index in [1.54, 1.807) is 0 Å². The van der Waals surface area contributed by atoms with Crippen molar-refractivity contribution in [1.29, 1.82) is 0 Å². The Morgan fingerprint density at radius 3 is 2.56 bits per heavy atom. The van der Waals surface area contributed by atoms with E-state index in [0.29, 0.717) is 37.4 Å². The number of carbonyl (C=O) groups excluding carboxylic acids is 2. The molecule has 1 saturated carbocycles. The van der Waals surface area contributed by atoms with Crippen molar-refractivity contribution in [1.82, 2.24) is 25.0 Å². The molecule has 2 aliphatic heterocycles. The number of nitrogens with one attached hydrogen (secondary N) is 2. The van der Waals surface area contributed by atoms with Crippen LogP contribution in [0.3, 0.4) is 0 Å². The molecular weight excluding hydrogens is 424 g/mol. The fourth-order valence-electron chi connectivity index (χ4n) is 5.11. The highest BCUT2D eigenvalue weighted by Gasteiger charge is 2.26. The molecule has 1 aromatic rings. The predicted octanol–water partition coefficient (Wildman–Crippen LogP) is 2.25. The highest BCUT2D eigenvalue weighted by molar-refractivity contribution is 7.13. The Morgan fingerprint density at radius 2 is 1.84 bits per heavy atom. The number of nitrogens with zero attached hydrogens (tertiary/aromatic N) is 4. The number of amides is 2. The lowest BCUT2D eigenvalue weighted by Gasteiger charge is -2.34. The highest BCUT2D eigenvalue weighted by atomic mass is 32.1. The third-order valence-electron chi connectivity index (χ3n) is 7.15. The average molecular weight is 463 g/mol. The van der Waals surface area contributed by atoms with Crippen molar-refractivity contribution in [2.45, 2.75) is 63.5 Å². The standard InChI is InChI=1S/C23H38N6O2S/c1-27-11-5-8-19(27)9-10-24-21(30)16-28-12-14-29(15-13-28)22(31)20-17-32-23(26-20)25-18-6-3-2-4-7-18/h17-19H,2-16H2,1H3,(H,24,30)(H,25,26). The van der Waals surface area contributed by atoms with Gasteiger partial charge in [0, 0.05) is 50.2 Å². The average Bonchev–Trinajstić information content (AvgIpc) is 3.43. The molecule has 1 aliphatic carbocycles. The van der Waals surface area contributed by atoms with E-state index in [9.17, 15) is 9.59 Å². The number of likely N-dealkylation sites (tertiary alicyclic amines) is 1. The highest BCUT2D eigenvalue weighted by Crippen LogP contribution is 2.24. The van der Waals surface area contributed by atoms with Gasteiger partial charge in [-0.3, -0.25) is 14.5 Å². The number of rotatable bonds is 8. The van der Waals surface area contributed by atoms with Crippen LogP contribution in [0.15, 0.2) is 5.38 Å². The molecule has 0 radical (unpaired) electrons. The number of aromatic nitrogens is 1. The van der Waals surface area contributed by atoms with E-state index < -0.39 is 0 Å². The molecule has 178 valence electrons. The predicted molar refractivity (Wildman–Crippen MR) is 128 cm³/mol. The lowest BCUT2D eigenvalue weighted by atomic mass is 9.96. The van der Waals surface area contributed by atoms with Crippen LogP contribution in [0.4, 0.5) is 5.13 Å². The van der Waals surface area contributed by atoms with E-state index in [0.717, 1.165) is 31.2 Å².